The minimum Gasteiger partial charge on any atom is -0.320 e. The van der Waals surface area contributed by atoms with E-state index in [0.29, 0.717) is 12.1 Å². The molecule has 0 spiro atoms. The summed E-state index contributed by atoms with van der Waals surface area (Å²) < 4.78 is 38.8. The summed E-state index contributed by atoms with van der Waals surface area (Å²) in [5, 5.41) is 4.64. The second-order valence-electron chi connectivity index (χ2n) is 3.24. The molecule has 2 N–H and O–H groups in total. The fourth-order valence-electron chi connectivity index (χ4n) is 1.02. The van der Waals surface area contributed by atoms with Gasteiger partial charge in [-0.05, 0) is 14.0 Å². The first-order chi connectivity index (χ1) is 7.45. The van der Waals surface area contributed by atoms with E-state index in [-0.39, 0.29) is 0 Å². The lowest BCUT2D eigenvalue weighted by molar-refractivity contribution is -0.117. The average molecular weight is 232 g/mol. The molecule has 3 nitrogen and oxygen atoms in total. The van der Waals surface area contributed by atoms with Crippen LogP contribution in [0.1, 0.15) is 6.92 Å². The van der Waals surface area contributed by atoms with Crippen molar-refractivity contribution in [1.82, 2.24) is 5.32 Å². The second-order valence-corrected chi connectivity index (χ2v) is 3.24. The van der Waals surface area contributed by atoms with E-state index in [0.717, 1.165) is 0 Å². The maximum absolute atomic E-state index is 13.1. The van der Waals surface area contributed by atoms with Gasteiger partial charge in [0.25, 0.3) is 0 Å². The first kappa shape index (κ1) is 12.5. The number of carbonyl (C=O) groups excluding carboxylic acids is 1. The normalized spacial score (nSPS) is 12.3. The number of likely N-dealkylation sites (N-methyl/N-ethyl adjacent to an activating group) is 1. The average Bonchev–Trinajstić information content (AvgIpc) is 2.21. The third-order valence-corrected chi connectivity index (χ3v) is 2.08. The summed E-state index contributed by atoms with van der Waals surface area (Å²) in [4.78, 5) is 11.3. The van der Waals surface area contributed by atoms with Crippen LogP contribution in [-0.2, 0) is 4.79 Å². The molecule has 0 saturated heterocycles. The standard InChI is InChI=1S/C10H11F3N2O/c1-5(14-2)10(16)15-9-7(12)3-6(11)4-8(9)13/h3-5,14H,1-2H3,(H,15,16). The molecule has 1 atom stereocenters. The maximum Gasteiger partial charge on any atom is 0.241 e. The highest BCUT2D eigenvalue weighted by Gasteiger charge is 2.17. The van der Waals surface area contributed by atoms with E-state index in [2.05, 4.69) is 5.32 Å². The summed E-state index contributed by atoms with van der Waals surface area (Å²) in [5.41, 5.74) is -0.645. The minimum absolute atomic E-state index is 0.503. The van der Waals surface area contributed by atoms with Gasteiger partial charge in [-0.2, -0.15) is 0 Å². The number of carbonyl (C=O) groups is 1. The predicted molar refractivity (Wildman–Crippen MR) is 53.5 cm³/mol. The Balaban J connectivity index is 2.93. The number of hydrogen-bond acceptors (Lipinski definition) is 2. The molecule has 1 unspecified atom stereocenters. The van der Waals surface area contributed by atoms with Crippen LogP contribution < -0.4 is 10.6 Å². The van der Waals surface area contributed by atoms with Gasteiger partial charge in [-0.15, -0.1) is 0 Å². The molecule has 0 radical (unpaired) electrons. The van der Waals surface area contributed by atoms with Gasteiger partial charge < -0.3 is 10.6 Å². The van der Waals surface area contributed by atoms with E-state index in [1.807, 2.05) is 5.32 Å². The summed E-state index contributed by atoms with van der Waals surface area (Å²) in [7, 11) is 1.53. The molecule has 88 valence electrons. The second kappa shape index (κ2) is 4.98. The van der Waals surface area contributed by atoms with Gasteiger partial charge in [-0.3, -0.25) is 4.79 Å². The van der Waals surface area contributed by atoms with Crippen LogP contribution in [0.3, 0.4) is 0 Å². The molecular formula is C10H11F3N2O. The van der Waals surface area contributed by atoms with Crippen LogP contribution in [0.25, 0.3) is 0 Å². The minimum atomic E-state index is -1.14. The van der Waals surface area contributed by atoms with E-state index < -0.39 is 35.1 Å². The predicted octanol–water partition coefficient (Wildman–Crippen LogP) is 1.65. The molecule has 0 aliphatic heterocycles. The molecule has 0 aliphatic carbocycles. The van der Waals surface area contributed by atoms with Gasteiger partial charge in [-0.1, -0.05) is 0 Å². The molecule has 0 saturated carbocycles. The lowest BCUT2D eigenvalue weighted by Gasteiger charge is -2.12. The molecule has 1 rings (SSSR count). The van der Waals surface area contributed by atoms with Crippen molar-refractivity contribution in [3.63, 3.8) is 0 Å². The molecule has 16 heavy (non-hydrogen) atoms. The Morgan fingerprint density at radius 3 is 2.19 bits per heavy atom. The van der Waals surface area contributed by atoms with E-state index >= 15 is 0 Å². The maximum atomic E-state index is 13.1. The molecule has 0 fully saturated rings. The number of rotatable bonds is 3. The number of amides is 1. The molecule has 0 bridgehead atoms. The SMILES string of the molecule is CNC(C)C(=O)Nc1c(F)cc(F)cc1F. The summed E-state index contributed by atoms with van der Waals surface area (Å²) in [6.07, 6.45) is 0. The van der Waals surface area contributed by atoms with Gasteiger partial charge in [0.05, 0.1) is 6.04 Å². The highest BCUT2D eigenvalue weighted by molar-refractivity contribution is 5.94. The van der Waals surface area contributed by atoms with Crippen LogP contribution in [0.2, 0.25) is 0 Å². The Morgan fingerprint density at radius 1 is 1.25 bits per heavy atom. The van der Waals surface area contributed by atoms with Crippen molar-refractivity contribution < 1.29 is 18.0 Å². The smallest absolute Gasteiger partial charge is 0.241 e. The van der Waals surface area contributed by atoms with Crippen molar-refractivity contribution in [2.75, 3.05) is 12.4 Å². The number of nitrogens with one attached hydrogen (secondary N) is 2. The summed E-state index contributed by atoms with van der Waals surface area (Å²) >= 11 is 0. The van der Waals surface area contributed by atoms with Gasteiger partial charge in [0.1, 0.15) is 11.5 Å². The van der Waals surface area contributed by atoms with Gasteiger partial charge in [0.2, 0.25) is 5.91 Å². The topological polar surface area (TPSA) is 41.1 Å². The highest BCUT2D eigenvalue weighted by atomic mass is 19.1. The van der Waals surface area contributed by atoms with Gasteiger partial charge in [0, 0.05) is 12.1 Å². The lowest BCUT2D eigenvalue weighted by Crippen LogP contribution is -2.36. The molecule has 0 aliphatic rings. The van der Waals surface area contributed by atoms with E-state index in [4.69, 9.17) is 0 Å². The summed E-state index contributed by atoms with van der Waals surface area (Å²) in [5.74, 6) is -3.93. The monoisotopic (exact) mass is 232 g/mol. The number of halogens is 3. The molecular weight excluding hydrogens is 221 g/mol. The Kier molecular flexibility index (Phi) is 3.89. The van der Waals surface area contributed by atoms with E-state index in [1.54, 1.807) is 0 Å². The van der Waals surface area contributed by atoms with Crippen LogP contribution in [-0.4, -0.2) is 19.0 Å². The zero-order valence-electron chi connectivity index (χ0n) is 8.77. The lowest BCUT2D eigenvalue weighted by atomic mass is 10.2. The zero-order chi connectivity index (χ0) is 12.3. The Bertz CT molecular complexity index is 386. The van der Waals surface area contributed by atoms with Crippen LogP contribution in [0.5, 0.6) is 0 Å². The van der Waals surface area contributed by atoms with Crippen LogP contribution in [0.4, 0.5) is 18.9 Å². The van der Waals surface area contributed by atoms with Crippen LogP contribution >= 0.6 is 0 Å². The molecule has 0 heterocycles. The van der Waals surface area contributed by atoms with Gasteiger partial charge >= 0.3 is 0 Å². The third kappa shape index (κ3) is 2.73. The van der Waals surface area contributed by atoms with Crippen molar-refractivity contribution >= 4 is 11.6 Å². The fraction of sp³-hybridized carbons (Fsp3) is 0.300. The summed E-state index contributed by atoms with van der Waals surface area (Å²) in [6.45, 7) is 1.52. The largest absolute Gasteiger partial charge is 0.320 e. The Morgan fingerprint density at radius 2 is 1.75 bits per heavy atom. The van der Waals surface area contributed by atoms with E-state index in [1.165, 1.54) is 14.0 Å². The first-order valence-electron chi connectivity index (χ1n) is 4.58. The first-order valence-corrected chi connectivity index (χ1v) is 4.58. The number of benzene rings is 1. The Hall–Kier alpha value is -1.56. The van der Waals surface area contributed by atoms with Crippen molar-refractivity contribution in [3.8, 4) is 0 Å². The fourth-order valence-corrected chi connectivity index (χ4v) is 1.02. The quantitative estimate of drug-likeness (QED) is 0.832. The number of hydrogen-bond donors (Lipinski definition) is 2. The molecule has 1 aromatic rings. The molecule has 6 heteroatoms. The molecule has 0 aromatic heterocycles. The van der Waals surface area contributed by atoms with Crippen molar-refractivity contribution in [1.29, 1.82) is 0 Å². The van der Waals surface area contributed by atoms with Crippen molar-refractivity contribution in [2.24, 2.45) is 0 Å². The van der Waals surface area contributed by atoms with Crippen molar-refractivity contribution in [3.05, 3.63) is 29.6 Å². The van der Waals surface area contributed by atoms with Gasteiger partial charge in [-0.25, -0.2) is 13.2 Å². The highest BCUT2D eigenvalue weighted by Crippen LogP contribution is 2.20. The van der Waals surface area contributed by atoms with Crippen LogP contribution in [0.15, 0.2) is 12.1 Å². The van der Waals surface area contributed by atoms with Crippen LogP contribution in [0, 0.1) is 17.5 Å². The molecule has 1 aromatic carbocycles. The van der Waals surface area contributed by atoms with Crippen molar-refractivity contribution in [2.45, 2.75) is 13.0 Å². The third-order valence-electron chi connectivity index (χ3n) is 2.08. The Labute approximate surface area is 90.6 Å². The number of anilines is 1. The van der Waals surface area contributed by atoms with Gasteiger partial charge in [0.15, 0.2) is 11.6 Å². The zero-order valence-corrected chi connectivity index (χ0v) is 8.77. The summed E-state index contributed by atoms with van der Waals surface area (Å²) in [6, 6.07) is 0.398. The van der Waals surface area contributed by atoms with E-state index in [9.17, 15) is 18.0 Å². The molecule has 1 amide bonds.